The first-order valence-electron chi connectivity index (χ1n) is 11.0. The number of aromatic nitrogens is 4. The summed E-state index contributed by atoms with van der Waals surface area (Å²) in [6, 6.07) is 15.9. The number of aryl methyl sites for hydroxylation is 1. The molecule has 1 N–H and O–H groups in total. The van der Waals surface area contributed by atoms with Crippen molar-refractivity contribution in [1.82, 2.24) is 24.1 Å². The molecule has 32 heavy (non-hydrogen) atoms. The molecular weight excluding hydrogens is 422 g/mol. The van der Waals surface area contributed by atoms with E-state index in [0.29, 0.717) is 13.0 Å². The van der Waals surface area contributed by atoms with Gasteiger partial charge in [-0.25, -0.2) is 13.4 Å². The molecule has 166 valence electrons. The summed E-state index contributed by atoms with van der Waals surface area (Å²) in [6.45, 7) is 3.37. The first-order valence-corrected chi connectivity index (χ1v) is 12.6. The molecular formula is C24H27N5O2S. The van der Waals surface area contributed by atoms with Gasteiger partial charge in [-0.2, -0.15) is 9.40 Å². The van der Waals surface area contributed by atoms with Gasteiger partial charge >= 0.3 is 0 Å². The second-order valence-electron chi connectivity index (χ2n) is 8.63. The fourth-order valence-electron chi connectivity index (χ4n) is 4.70. The second-order valence-corrected chi connectivity index (χ2v) is 10.7. The highest BCUT2D eigenvalue weighted by atomic mass is 32.2. The SMILES string of the molecule is C[C@H]1C[C@@H](Cn2ccc3nc(-c4cn[nH]c4)ccc32)CN1S(=O)(=O)CCc1ccccc1. The van der Waals surface area contributed by atoms with Crippen LogP contribution in [0.15, 0.2) is 67.1 Å². The topological polar surface area (TPSA) is 83.9 Å². The van der Waals surface area contributed by atoms with Crippen LogP contribution in [0.5, 0.6) is 0 Å². The van der Waals surface area contributed by atoms with Crippen LogP contribution >= 0.6 is 0 Å². The third kappa shape index (κ3) is 4.20. The number of pyridine rings is 1. The van der Waals surface area contributed by atoms with E-state index in [1.54, 1.807) is 10.5 Å². The van der Waals surface area contributed by atoms with Gasteiger partial charge in [0.15, 0.2) is 0 Å². The molecule has 0 aliphatic carbocycles. The molecule has 1 aromatic carbocycles. The summed E-state index contributed by atoms with van der Waals surface area (Å²) in [5.74, 6) is 0.432. The Morgan fingerprint density at radius 3 is 2.75 bits per heavy atom. The van der Waals surface area contributed by atoms with Gasteiger partial charge in [-0.1, -0.05) is 30.3 Å². The highest BCUT2D eigenvalue weighted by Crippen LogP contribution is 2.29. The van der Waals surface area contributed by atoms with E-state index in [1.807, 2.05) is 61.8 Å². The normalized spacial score (nSPS) is 19.7. The third-order valence-electron chi connectivity index (χ3n) is 6.33. The first-order chi connectivity index (χ1) is 15.5. The predicted molar refractivity (Wildman–Crippen MR) is 126 cm³/mol. The third-order valence-corrected chi connectivity index (χ3v) is 8.27. The standard InChI is InChI=1S/C24H27N5O2S/c1-18-13-20(17-29(18)32(30,31)12-10-19-5-3-2-4-6-19)16-28-11-9-23-24(28)8-7-22(27-23)21-14-25-26-15-21/h2-9,11,14-15,18,20H,10,12-13,16-17H2,1H3,(H,25,26)/t18-,20-/m0/s1. The number of aromatic amines is 1. The number of hydrogen-bond donors (Lipinski definition) is 1. The van der Waals surface area contributed by atoms with E-state index < -0.39 is 10.0 Å². The van der Waals surface area contributed by atoms with E-state index in [9.17, 15) is 8.42 Å². The van der Waals surface area contributed by atoms with E-state index >= 15 is 0 Å². The van der Waals surface area contributed by atoms with Crippen LogP contribution in [0.1, 0.15) is 18.9 Å². The van der Waals surface area contributed by atoms with E-state index in [1.165, 1.54) is 0 Å². The van der Waals surface area contributed by atoms with Gasteiger partial charge < -0.3 is 4.57 Å². The van der Waals surface area contributed by atoms with Gasteiger partial charge in [-0.3, -0.25) is 5.10 Å². The predicted octanol–water partition coefficient (Wildman–Crippen LogP) is 3.71. The largest absolute Gasteiger partial charge is 0.346 e. The van der Waals surface area contributed by atoms with E-state index in [2.05, 4.69) is 20.8 Å². The van der Waals surface area contributed by atoms with Gasteiger partial charge in [0.05, 0.1) is 28.7 Å². The van der Waals surface area contributed by atoms with Gasteiger partial charge in [0.1, 0.15) is 0 Å². The summed E-state index contributed by atoms with van der Waals surface area (Å²) >= 11 is 0. The summed E-state index contributed by atoms with van der Waals surface area (Å²) in [7, 11) is -3.29. The van der Waals surface area contributed by atoms with E-state index in [-0.39, 0.29) is 17.7 Å². The van der Waals surface area contributed by atoms with E-state index in [0.717, 1.165) is 40.8 Å². The molecule has 5 rings (SSSR count). The molecule has 0 saturated carbocycles. The Hall–Kier alpha value is -2.97. The van der Waals surface area contributed by atoms with E-state index in [4.69, 9.17) is 4.98 Å². The number of benzene rings is 1. The number of sulfonamides is 1. The van der Waals surface area contributed by atoms with Gasteiger partial charge in [-0.15, -0.1) is 0 Å². The van der Waals surface area contributed by atoms with Crippen molar-refractivity contribution in [2.75, 3.05) is 12.3 Å². The lowest BCUT2D eigenvalue weighted by atomic mass is 10.1. The molecule has 3 aromatic heterocycles. The molecule has 1 fully saturated rings. The quantitative estimate of drug-likeness (QED) is 0.466. The average molecular weight is 450 g/mol. The molecule has 7 nitrogen and oxygen atoms in total. The maximum atomic E-state index is 13.0. The van der Waals surface area contributed by atoms with Crippen molar-refractivity contribution in [3.63, 3.8) is 0 Å². The molecule has 0 bridgehead atoms. The summed E-state index contributed by atoms with van der Waals surface area (Å²) in [5, 5.41) is 6.81. The van der Waals surface area contributed by atoms with Crippen molar-refractivity contribution < 1.29 is 8.42 Å². The lowest BCUT2D eigenvalue weighted by Gasteiger charge is -2.21. The van der Waals surface area contributed by atoms with Crippen LogP contribution in [0.3, 0.4) is 0 Å². The van der Waals surface area contributed by atoms with Crippen LogP contribution in [0.2, 0.25) is 0 Å². The summed E-state index contributed by atoms with van der Waals surface area (Å²) in [5.41, 5.74) is 4.90. The van der Waals surface area contributed by atoms with Crippen molar-refractivity contribution in [3.05, 3.63) is 72.7 Å². The van der Waals surface area contributed by atoms with Crippen LogP contribution in [-0.2, 0) is 23.0 Å². The maximum Gasteiger partial charge on any atom is 0.214 e. The van der Waals surface area contributed by atoms with Gasteiger partial charge in [0, 0.05) is 37.1 Å². The van der Waals surface area contributed by atoms with Crippen LogP contribution in [-0.4, -0.2) is 50.8 Å². The molecule has 8 heteroatoms. The smallest absolute Gasteiger partial charge is 0.214 e. The molecule has 0 unspecified atom stereocenters. The highest BCUT2D eigenvalue weighted by molar-refractivity contribution is 7.89. The summed E-state index contributed by atoms with van der Waals surface area (Å²) in [6.07, 6.45) is 7.05. The lowest BCUT2D eigenvalue weighted by Crippen LogP contribution is -2.36. The molecule has 0 spiro atoms. The van der Waals surface area contributed by atoms with Gasteiger partial charge in [-0.05, 0) is 49.4 Å². The number of nitrogens with zero attached hydrogens (tertiary/aromatic N) is 4. The zero-order valence-corrected chi connectivity index (χ0v) is 18.9. The van der Waals surface area contributed by atoms with Gasteiger partial charge in [0.25, 0.3) is 0 Å². The molecule has 4 aromatic rings. The Kier molecular flexibility index (Phi) is 5.57. The zero-order valence-electron chi connectivity index (χ0n) is 18.1. The Balaban J connectivity index is 1.27. The maximum absolute atomic E-state index is 13.0. The first kappa shape index (κ1) is 20.9. The number of nitrogens with one attached hydrogen (secondary N) is 1. The monoisotopic (exact) mass is 449 g/mol. The van der Waals surface area contributed by atoms with Crippen molar-refractivity contribution >= 4 is 21.1 Å². The van der Waals surface area contributed by atoms with Crippen molar-refractivity contribution in [3.8, 4) is 11.3 Å². The average Bonchev–Trinajstić information content (AvgIpc) is 3.54. The molecule has 4 heterocycles. The molecule has 0 radical (unpaired) electrons. The molecule has 2 atom stereocenters. The van der Waals surface area contributed by atoms with Crippen LogP contribution in [0.25, 0.3) is 22.3 Å². The lowest BCUT2D eigenvalue weighted by molar-refractivity contribution is 0.399. The Morgan fingerprint density at radius 1 is 1.12 bits per heavy atom. The van der Waals surface area contributed by atoms with Crippen LogP contribution in [0, 0.1) is 5.92 Å². The fraction of sp³-hybridized carbons (Fsp3) is 0.333. The number of hydrogen-bond acceptors (Lipinski definition) is 4. The minimum Gasteiger partial charge on any atom is -0.346 e. The molecule has 1 saturated heterocycles. The molecule has 0 amide bonds. The molecule has 1 aliphatic rings. The Morgan fingerprint density at radius 2 is 1.97 bits per heavy atom. The zero-order chi connectivity index (χ0) is 22.1. The number of H-pyrrole nitrogens is 1. The minimum absolute atomic E-state index is 0.0217. The van der Waals surface area contributed by atoms with Crippen molar-refractivity contribution in [2.24, 2.45) is 5.92 Å². The Labute approximate surface area is 188 Å². The second kappa shape index (κ2) is 8.52. The number of rotatable bonds is 7. The van der Waals surface area contributed by atoms with Gasteiger partial charge in [0.2, 0.25) is 10.0 Å². The van der Waals surface area contributed by atoms with Crippen LogP contribution in [0.4, 0.5) is 0 Å². The number of fused-ring (bicyclic) bond motifs is 1. The van der Waals surface area contributed by atoms with Crippen LogP contribution < -0.4 is 0 Å². The fourth-order valence-corrected chi connectivity index (χ4v) is 6.50. The highest BCUT2D eigenvalue weighted by Gasteiger charge is 2.36. The molecule has 1 aliphatic heterocycles. The minimum atomic E-state index is -3.29. The Bertz CT molecular complexity index is 1300. The summed E-state index contributed by atoms with van der Waals surface area (Å²) < 4.78 is 30.0. The summed E-state index contributed by atoms with van der Waals surface area (Å²) in [4.78, 5) is 4.75. The van der Waals surface area contributed by atoms with Crippen molar-refractivity contribution in [1.29, 1.82) is 0 Å². The van der Waals surface area contributed by atoms with Crippen molar-refractivity contribution in [2.45, 2.75) is 32.4 Å².